The van der Waals surface area contributed by atoms with Gasteiger partial charge in [-0.3, -0.25) is 9.89 Å². The van der Waals surface area contributed by atoms with Crippen LogP contribution < -0.4 is 16.2 Å². The van der Waals surface area contributed by atoms with Crippen LogP contribution in [0.4, 0.5) is 11.6 Å². The Morgan fingerprint density at radius 2 is 1.96 bits per heavy atom. The van der Waals surface area contributed by atoms with E-state index in [4.69, 9.17) is 0 Å². The van der Waals surface area contributed by atoms with Gasteiger partial charge in [-0.05, 0) is 35.7 Å². The van der Waals surface area contributed by atoms with E-state index in [1.54, 1.807) is 11.3 Å². The van der Waals surface area contributed by atoms with Gasteiger partial charge in [0.1, 0.15) is 0 Å². The third-order valence-corrected chi connectivity index (χ3v) is 5.12. The molecule has 1 aromatic carbocycles. The lowest BCUT2D eigenvalue weighted by Crippen LogP contribution is -2.17. The lowest BCUT2D eigenvalue weighted by Gasteiger charge is -2.05. The van der Waals surface area contributed by atoms with Crippen LogP contribution in [0.1, 0.15) is 10.6 Å². The highest BCUT2D eigenvalue weighted by molar-refractivity contribution is 9.10. The van der Waals surface area contributed by atoms with Crippen molar-refractivity contribution in [3.8, 4) is 0 Å². The summed E-state index contributed by atoms with van der Waals surface area (Å²) in [5.74, 6) is 0.861. The molecule has 4 rings (SSSR count). The molecule has 4 aromatic rings. The monoisotopic (exact) mass is 430 g/mol. The minimum absolute atomic E-state index is 0.195. The summed E-state index contributed by atoms with van der Waals surface area (Å²) in [5.41, 5.74) is 1.39. The molecule has 0 radical (unpaired) electrons. The van der Waals surface area contributed by atoms with Gasteiger partial charge in [0.05, 0.1) is 18.8 Å². The SMILES string of the molecule is O=c1cc(CNc2ccc(Br)cc2)nc2nc(NCc3cccs3)[nH]n12. The molecule has 7 nitrogen and oxygen atoms in total. The van der Waals surface area contributed by atoms with Gasteiger partial charge in [-0.1, -0.05) is 22.0 Å². The summed E-state index contributed by atoms with van der Waals surface area (Å²) in [6.45, 7) is 1.09. The molecule has 0 amide bonds. The molecule has 0 unspecified atom stereocenters. The Morgan fingerprint density at radius 3 is 2.73 bits per heavy atom. The molecule has 132 valence electrons. The van der Waals surface area contributed by atoms with Crippen LogP contribution in [-0.2, 0) is 13.1 Å². The number of benzene rings is 1. The van der Waals surface area contributed by atoms with E-state index in [-0.39, 0.29) is 5.56 Å². The van der Waals surface area contributed by atoms with Crippen LogP contribution in [0, 0.1) is 0 Å². The molecular weight excluding hydrogens is 416 g/mol. The van der Waals surface area contributed by atoms with Gasteiger partial charge in [0.25, 0.3) is 11.3 Å². The van der Waals surface area contributed by atoms with Crippen LogP contribution in [0.2, 0.25) is 0 Å². The second-order valence-corrected chi connectivity index (χ2v) is 7.53. The van der Waals surface area contributed by atoms with Crippen molar-refractivity contribution in [2.24, 2.45) is 0 Å². The van der Waals surface area contributed by atoms with Crippen molar-refractivity contribution < 1.29 is 0 Å². The predicted octanol–water partition coefficient (Wildman–Crippen LogP) is 3.47. The summed E-state index contributed by atoms with van der Waals surface area (Å²) >= 11 is 5.06. The zero-order chi connectivity index (χ0) is 17.9. The first-order chi connectivity index (χ1) is 12.7. The number of anilines is 2. The number of nitrogens with one attached hydrogen (secondary N) is 3. The van der Waals surface area contributed by atoms with E-state index in [9.17, 15) is 4.79 Å². The number of halogens is 1. The van der Waals surface area contributed by atoms with Crippen molar-refractivity contribution in [3.63, 3.8) is 0 Å². The molecule has 0 aliphatic rings. The van der Waals surface area contributed by atoms with Crippen LogP contribution in [-0.4, -0.2) is 19.6 Å². The molecule has 0 fully saturated rings. The van der Waals surface area contributed by atoms with Gasteiger partial charge in [0.2, 0.25) is 5.95 Å². The summed E-state index contributed by atoms with van der Waals surface area (Å²) in [5, 5.41) is 11.4. The first-order valence-corrected chi connectivity index (χ1v) is 9.59. The van der Waals surface area contributed by atoms with Gasteiger partial charge < -0.3 is 10.6 Å². The van der Waals surface area contributed by atoms with Gasteiger partial charge >= 0.3 is 0 Å². The second kappa shape index (κ2) is 7.30. The average molecular weight is 431 g/mol. The first-order valence-electron chi connectivity index (χ1n) is 7.92. The summed E-state index contributed by atoms with van der Waals surface area (Å²) in [4.78, 5) is 22.3. The average Bonchev–Trinajstić information content (AvgIpc) is 3.29. The Morgan fingerprint density at radius 1 is 1.12 bits per heavy atom. The normalized spacial score (nSPS) is 11.0. The van der Waals surface area contributed by atoms with E-state index in [0.29, 0.717) is 30.5 Å². The molecule has 0 bridgehead atoms. The minimum atomic E-state index is -0.195. The van der Waals surface area contributed by atoms with Crippen LogP contribution in [0.5, 0.6) is 0 Å². The zero-order valence-corrected chi connectivity index (χ0v) is 16.0. The van der Waals surface area contributed by atoms with Crippen LogP contribution >= 0.6 is 27.3 Å². The third-order valence-electron chi connectivity index (χ3n) is 3.71. The van der Waals surface area contributed by atoms with Crippen molar-refractivity contribution in [1.29, 1.82) is 0 Å². The molecular formula is C17H15BrN6OS. The molecule has 0 saturated heterocycles. The van der Waals surface area contributed by atoms with Gasteiger partial charge in [0, 0.05) is 21.1 Å². The van der Waals surface area contributed by atoms with Crippen LogP contribution in [0.15, 0.2) is 57.1 Å². The van der Waals surface area contributed by atoms with Gasteiger partial charge in [0.15, 0.2) is 0 Å². The van der Waals surface area contributed by atoms with Gasteiger partial charge in [-0.15, -0.1) is 11.3 Å². The molecule has 3 aromatic heterocycles. The van der Waals surface area contributed by atoms with E-state index >= 15 is 0 Å². The Hall–Kier alpha value is -2.65. The summed E-state index contributed by atoms with van der Waals surface area (Å²) < 4.78 is 2.35. The number of hydrogen-bond acceptors (Lipinski definition) is 6. The number of thiophene rings is 1. The number of rotatable bonds is 6. The molecule has 9 heteroatoms. The van der Waals surface area contributed by atoms with E-state index < -0.39 is 0 Å². The fraction of sp³-hybridized carbons (Fsp3) is 0.118. The van der Waals surface area contributed by atoms with E-state index in [1.807, 2.05) is 41.8 Å². The number of hydrogen-bond donors (Lipinski definition) is 3. The predicted molar refractivity (Wildman–Crippen MR) is 107 cm³/mol. The van der Waals surface area contributed by atoms with E-state index in [2.05, 4.69) is 41.6 Å². The smallest absolute Gasteiger partial charge is 0.274 e. The zero-order valence-electron chi connectivity index (χ0n) is 13.6. The van der Waals surface area contributed by atoms with Crippen molar-refractivity contribution in [2.45, 2.75) is 13.1 Å². The Bertz CT molecular complexity index is 1070. The maximum absolute atomic E-state index is 12.3. The molecule has 3 N–H and O–H groups in total. The highest BCUT2D eigenvalue weighted by Crippen LogP contribution is 2.15. The molecule has 3 heterocycles. The topological polar surface area (TPSA) is 87.1 Å². The quantitative estimate of drug-likeness (QED) is 0.435. The maximum Gasteiger partial charge on any atom is 0.274 e. The maximum atomic E-state index is 12.3. The fourth-order valence-corrected chi connectivity index (χ4v) is 3.35. The number of aromatic amines is 1. The first kappa shape index (κ1) is 16.8. The number of aromatic nitrogens is 4. The summed E-state index contributed by atoms with van der Waals surface area (Å²) in [6, 6.07) is 13.3. The minimum Gasteiger partial charge on any atom is -0.379 e. The summed E-state index contributed by atoms with van der Waals surface area (Å²) in [6.07, 6.45) is 0. The summed E-state index contributed by atoms with van der Waals surface area (Å²) in [7, 11) is 0. The molecule has 0 aliphatic heterocycles. The van der Waals surface area contributed by atoms with Crippen molar-refractivity contribution in [3.05, 3.63) is 73.2 Å². The van der Waals surface area contributed by atoms with Crippen LogP contribution in [0.3, 0.4) is 0 Å². The molecule has 0 aliphatic carbocycles. The molecule has 0 saturated carbocycles. The Balaban J connectivity index is 1.50. The number of H-pyrrole nitrogens is 1. The molecule has 26 heavy (non-hydrogen) atoms. The van der Waals surface area contributed by atoms with Gasteiger partial charge in [-0.2, -0.15) is 9.50 Å². The highest BCUT2D eigenvalue weighted by atomic mass is 79.9. The van der Waals surface area contributed by atoms with E-state index in [1.165, 1.54) is 15.5 Å². The highest BCUT2D eigenvalue weighted by Gasteiger charge is 2.08. The lowest BCUT2D eigenvalue weighted by molar-refractivity contribution is 0.875. The Labute approximate surface area is 161 Å². The lowest BCUT2D eigenvalue weighted by atomic mass is 10.3. The molecule has 0 atom stereocenters. The fourth-order valence-electron chi connectivity index (χ4n) is 2.44. The van der Waals surface area contributed by atoms with E-state index in [0.717, 1.165) is 10.2 Å². The number of nitrogens with zero attached hydrogens (tertiary/aromatic N) is 3. The molecule has 0 spiro atoms. The third kappa shape index (κ3) is 3.78. The standard InChI is InChI=1S/C17H15BrN6OS/c18-11-3-5-12(6-4-11)19-9-13-8-15(25)24-17(21-13)22-16(23-24)20-10-14-2-1-7-26-14/h1-8,19H,9-10H2,(H2,20,21,22,23). The van der Waals surface area contributed by atoms with Crippen molar-refractivity contribution in [1.82, 2.24) is 19.6 Å². The van der Waals surface area contributed by atoms with Gasteiger partial charge in [-0.25, -0.2) is 4.98 Å². The Kier molecular flexibility index (Phi) is 4.72. The van der Waals surface area contributed by atoms with Crippen molar-refractivity contribution in [2.75, 3.05) is 10.6 Å². The van der Waals surface area contributed by atoms with Crippen LogP contribution in [0.25, 0.3) is 5.78 Å². The largest absolute Gasteiger partial charge is 0.379 e. The van der Waals surface area contributed by atoms with Crippen molar-refractivity contribution >= 4 is 44.7 Å². The number of fused-ring (bicyclic) bond motifs is 1. The second-order valence-electron chi connectivity index (χ2n) is 5.59.